The summed E-state index contributed by atoms with van der Waals surface area (Å²) in [5, 5.41) is 14.3. The van der Waals surface area contributed by atoms with E-state index in [1.165, 1.54) is 0 Å². The second-order valence-electron chi connectivity index (χ2n) is 8.98. The molecular formula is C22H23N7O4. The van der Waals surface area contributed by atoms with Crippen LogP contribution in [-0.4, -0.2) is 73.9 Å². The molecule has 1 unspecified atom stereocenters. The van der Waals surface area contributed by atoms with E-state index in [9.17, 15) is 19.2 Å². The molecule has 0 radical (unpaired) electrons. The van der Waals surface area contributed by atoms with Crippen LogP contribution in [0.25, 0.3) is 0 Å². The van der Waals surface area contributed by atoms with Crippen molar-refractivity contribution in [3.63, 3.8) is 0 Å². The molecule has 4 amide bonds. The minimum Gasteiger partial charge on any atom is -0.315 e. The van der Waals surface area contributed by atoms with Gasteiger partial charge in [-0.3, -0.25) is 34.3 Å². The van der Waals surface area contributed by atoms with Crippen LogP contribution in [-0.2, 0) is 29.2 Å². The summed E-state index contributed by atoms with van der Waals surface area (Å²) in [5.74, 6) is 0.409. The van der Waals surface area contributed by atoms with Gasteiger partial charge in [0.1, 0.15) is 17.7 Å². The van der Waals surface area contributed by atoms with Gasteiger partial charge in [-0.1, -0.05) is 12.1 Å². The number of rotatable bonds is 4. The molecule has 1 aromatic carbocycles. The smallest absolute Gasteiger partial charge is 0.262 e. The highest BCUT2D eigenvalue weighted by molar-refractivity contribution is 6.24. The van der Waals surface area contributed by atoms with Gasteiger partial charge in [-0.05, 0) is 18.1 Å². The summed E-state index contributed by atoms with van der Waals surface area (Å²) in [7, 11) is 0. The van der Waals surface area contributed by atoms with Gasteiger partial charge >= 0.3 is 0 Å². The molecule has 170 valence electrons. The monoisotopic (exact) mass is 449 g/mol. The third-order valence-corrected chi connectivity index (χ3v) is 6.96. The lowest BCUT2D eigenvalue weighted by Crippen LogP contribution is -2.54. The molecule has 4 aliphatic heterocycles. The molecule has 0 spiro atoms. The summed E-state index contributed by atoms with van der Waals surface area (Å²) in [5.41, 5.74) is 1.40. The van der Waals surface area contributed by atoms with E-state index < -0.39 is 23.8 Å². The number of hydrogen-bond donors (Lipinski definition) is 2. The molecule has 2 saturated heterocycles. The SMILES string of the molecule is O=C1CCC(N2C(=O)c3cccc(CN4CCn5c(nnc5C5CNC5)C4)c3C2=O)C(=O)N1. The molecule has 1 aromatic heterocycles. The topological polar surface area (TPSA) is 130 Å². The summed E-state index contributed by atoms with van der Waals surface area (Å²) in [4.78, 5) is 53.4. The van der Waals surface area contributed by atoms with Crippen molar-refractivity contribution >= 4 is 23.6 Å². The van der Waals surface area contributed by atoms with Gasteiger partial charge in [0, 0.05) is 45.1 Å². The summed E-state index contributed by atoms with van der Waals surface area (Å²) in [6, 6.07) is 4.27. The van der Waals surface area contributed by atoms with Crippen molar-refractivity contribution < 1.29 is 19.2 Å². The molecule has 11 heteroatoms. The summed E-state index contributed by atoms with van der Waals surface area (Å²) >= 11 is 0. The molecule has 6 rings (SSSR count). The number of fused-ring (bicyclic) bond motifs is 2. The lowest BCUT2D eigenvalue weighted by atomic mass is 10.0. The van der Waals surface area contributed by atoms with E-state index in [0.717, 1.165) is 48.3 Å². The lowest BCUT2D eigenvalue weighted by Gasteiger charge is -2.31. The zero-order chi connectivity index (χ0) is 22.7. The molecular weight excluding hydrogens is 426 g/mol. The van der Waals surface area contributed by atoms with E-state index in [4.69, 9.17) is 0 Å². The Labute approximate surface area is 189 Å². The number of carbonyl (C=O) groups excluding carboxylic acids is 4. The molecule has 0 aliphatic carbocycles. The van der Waals surface area contributed by atoms with Crippen LogP contribution in [0, 0.1) is 0 Å². The largest absolute Gasteiger partial charge is 0.315 e. The van der Waals surface area contributed by atoms with Crippen molar-refractivity contribution in [3.05, 3.63) is 46.5 Å². The number of hydrogen-bond acceptors (Lipinski definition) is 8. The average molecular weight is 449 g/mol. The number of imide groups is 2. The van der Waals surface area contributed by atoms with Gasteiger partial charge in [0.15, 0.2) is 0 Å². The highest BCUT2D eigenvalue weighted by atomic mass is 16.2. The predicted octanol–water partition coefficient (Wildman–Crippen LogP) is -0.618. The first-order valence-corrected chi connectivity index (χ1v) is 11.2. The van der Waals surface area contributed by atoms with Gasteiger partial charge < -0.3 is 9.88 Å². The van der Waals surface area contributed by atoms with Crippen molar-refractivity contribution in [3.8, 4) is 0 Å². The van der Waals surface area contributed by atoms with E-state index in [0.29, 0.717) is 30.1 Å². The molecule has 33 heavy (non-hydrogen) atoms. The summed E-state index contributed by atoms with van der Waals surface area (Å²) in [6.07, 6.45) is 0.246. The average Bonchev–Trinajstić information content (AvgIpc) is 3.27. The van der Waals surface area contributed by atoms with Crippen LogP contribution >= 0.6 is 0 Å². The Morgan fingerprint density at radius 1 is 1.03 bits per heavy atom. The predicted molar refractivity (Wildman–Crippen MR) is 113 cm³/mol. The van der Waals surface area contributed by atoms with Crippen LogP contribution < -0.4 is 10.6 Å². The molecule has 0 bridgehead atoms. The number of carbonyl (C=O) groups is 4. The third-order valence-electron chi connectivity index (χ3n) is 6.96. The van der Waals surface area contributed by atoms with Crippen LogP contribution in [0.5, 0.6) is 0 Å². The van der Waals surface area contributed by atoms with Gasteiger partial charge in [0.25, 0.3) is 11.8 Å². The minimum absolute atomic E-state index is 0.101. The van der Waals surface area contributed by atoms with E-state index in [1.807, 2.05) is 6.07 Å². The van der Waals surface area contributed by atoms with Crippen LogP contribution in [0.1, 0.15) is 56.7 Å². The second kappa shape index (κ2) is 7.56. The number of aromatic nitrogens is 3. The molecule has 11 nitrogen and oxygen atoms in total. The van der Waals surface area contributed by atoms with Gasteiger partial charge in [0.05, 0.1) is 17.7 Å². The Bertz CT molecular complexity index is 1200. The van der Waals surface area contributed by atoms with Crippen molar-refractivity contribution in [1.29, 1.82) is 0 Å². The third kappa shape index (κ3) is 3.18. The van der Waals surface area contributed by atoms with Crippen LogP contribution in [0.3, 0.4) is 0 Å². The number of nitrogens with one attached hydrogen (secondary N) is 2. The lowest BCUT2D eigenvalue weighted by molar-refractivity contribution is -0.136. The van der Waals surface area contributed by atoms with Crippen LogP contribution in [0.2, 0.25) is 0 Å². The number of amides is 4. The van der Waals surface area contributed by atoms with Crippen LogP contribution in [0.15, 0.2) is 18.2 Å². The number of piperidine rings is 1. The molecule has 0 saturated carbocycles. The van der Waals surface area contributed by atoms with Gasteiger partial charge in [-0.2, -0.15) is 0 Å². The van der Waals surface area contributed by atoms with Crippen molar-refractivity contribution in [2.45, 2.75) is 44.4 Å². The maximum Gasteiger partial charge on any atom is 0.262 e. The van der Waals surface area contributed by atoms with Gasteiger partial charge in [-0.15, -0.1) is 10.2 Å². The maximum absolute atomic E-state index is 13.3. The maximum atomic E-state index is 13.3. The quantitative estimate of drug-likeness (QED) is 0.591. The Morgan fingerprint density at radius 3 is 2.64 bits per heavy atom. The van der Waals surface area contributed by atoms with Crippen LogP contribution in [0.4, 0.5) is 0 Å². The van der Waals surface area contributed by atoms with Crippen molar-refractivity contribution in [2.24, 2.45) is 0 Å². The van der Waals surface area contributed by atoms with Crippen molar-refractivity contribution in [2.75, 3.05) is 19.6 Å². The molecule has 2 fully saturated rings. The first-order chi connectivity index (χ1) is 16.0. The molecule has 2 aromatic rings. The molecule has 5 heterocycles. The molecule has 2 N–H and O–H groups in total. The molecule has 4 aliphatic rings. The standard InChI is InChI=1S/C22H23N7O4/c30-17-5-4-15(20(31)24-17)29-21(32)14-3-1-2-12(18(14)22(29)33)10-27-6-7-28-16(11-27)25-26-19(28)13-8-23-9-13/h1-3,13,15,23H,4-11H2,(H,24,30,31). The number of benzene rings is 1. The fourth-order valence-electron chi connectivity index (χ4n) is 5.10. The number of nitrogens with zero attached hydrogens (tertiary/aromatic N) is 5. The zero-order valence-corrected chi connectivity index (χ0v) is 17.9. The molecule has 1 atom stereocenters. The fraction of sp³-hybridized carbons (Fsp3) is 0.455. The normalized spacial score (nSPS) is 23.4. The highest BCUT2D eigenvalue weighted by Gasteiger charge is 2.45. The zero-order valence-electron chi connectivity index (χ0n) is 17.9. The summed E-state index contributed by atoms with van der Waals surface area (Å²) < 4.78 is 2.19. The van der Waals surface area contributed by atoms with E-state index in [1.54, 1.807) is 12.1 Å². The van der Waals surface area contributed by atoms with Crippen molar-refractivity contribution in [1.82, 2.24) is 35.2 Å². The fourth-order valence-corrected chi connectivity index (χ4v) is 5.10. The van der Waals surface area contributed by atoms with E-state index >= 15 is 0 Å². The Morgan fingerprint density at radius 2 is 1.88 bits per heavy atom. The Hall–Kier alpha value is -3.44. The van der Waals surface area contributed by atoms with E-state index in [-0.39, 0.29) is 18.7 Å². The minimum atomic E-state index is -0.962. The second-order valence-corrected chi connectivity index (χ2v) is 8.98. The Balaban J connectivity index is 1.23. The van der Waals surface area contributed by atoms with Gasteiger partial charge in [0.2, 0.25) is 11.8 Å². The first-order valence-electron chi connectivity index (χ1n) is 11.2. The van der Waals surface area contributed by atoms with E-state index in [2.05, 4.69) is 30.3 Å². The summed E-state index contributed by atoms with van der Waals surface area (Å²) in [6.45, 7) is 4.50. The Kier molecular flexibility index (Phi) is 4.63. The first kappa shape index (κ1) is 20.2. The highest BCUT2D eigenvalue weighted by Crippen LogP contribution is 2.31. The van der Waals surface area contributed by atoms with Gasteiger partial charge in [-0.25, -0.2) is 0 Å².